The Morgan fingerprint density at radius 2 is 2.25 bits per heavy atom. The number of nitrogens with zero attached hydrogens (tertiary/aromatic N) is 1. The van der Waals surface area contributed by atoms with Gasteiger partial charge in [-0.15, -0.1) is 11.3 Å². The van der Waals surface area contributed by atoms with Crippen molar-refractivity contribution in [2.24, 2.45) is 5.92 Å². The summed E-state index contributed by atoms with van der Waals surface area (Å²) >= 11 is 1.71. The van der Waals surface area contributed by atoms with E-state index < -0.39 is 0 Å². The van der Waals surface area contributed by atoms with E-state index in [-0.39, 0.29) is 0 Å². The van der Waals surface area contributed by atoms with E-state index in [0.717, 1.165) is 18.0 Å². The molecule has 1 aromatic heterocycles. The van der Waals surface area contributed by atoms with Crippen LogP contribution in [0.5, 0.6) is 0 Å². The molecule has 2 nitrogen and oxygen atoms in total. The molecule has 0 unspecified atom stereocenters. The first kappa shape index (κ1) is 9.14. The summed E-state index contributed by atoms with van der Waals surface area (Å²) in [5.74, 6) is 1.05. The predicted molar refractivity (Wildman–Crippen MR) is 66.5 cm³/mol. The third-order valence-corrected chi connectivity index (χ3v) is 4.91. The van der Waals surface area contributed by atoms with Crippen molar-refractivity contribution in [1.82, 2.24) is 10.3 Å². The van der Waals surface area contributed by atoms with Gasteiger partial charge in [0.2, 0.25) is 0 Å². The highest BCUT2D eigenvalue weighted by molar-refractivity contribution is 7.16. The van der Waals surface area contributed by atoms with Crippen molar-refractivity contribution in [2.45, 2.75) is 31.3 Å². The van der Waals surface area contributed by atoms with Crippen LogP contribution < -0.4 is 5.32 Å². The van der Waals surface area contributed by atoms with Gasteiger partial charge in [0.1, 0.15) is 0 Å². The Hall–Kier alpha value is -0.930. The van der Waals surface area contributed by atoms with Gasteiger partial charge in [0, 0.05) is 12.1 Å². The van der Waals surface area contributed by atoms with Gasteiger partial charge in [0.05, 0.1) is 15.7 Å². The van der Waals surface area contributed by atoms with E-state index >= 15 is 0 Å². The highest BCUT2D eigenvalue weighted by Crippen LogP contribution is 2.56. The Morgan fingerprint density at radius 1 is 1.38 bits per heavy atom. The van der Waals surface area contributed by atoms with Gasteiger partial charge in [0.15, 0.2) is 0 Å². The van der Waals surface area contributed by atoms with Crippen molar-refractivity contribution in [3.8, 4) is 0 Å². The van der Waals surface area contributed by atoms with Crippen LogP contribution in [0.3, 0.4) is 0 Å². The zero-order valence-electron chi connectivity index (χ0n) is 9.07. The molecule has 2 aromatic rings. The maximum Gasteiger partial charge on any atom is 0.0815 e. The molecule has 5 rings (SSSR count). The molecule has 16 heavy (non-hydrogen) atoms. The van der Waals surface area contributed by atoms with Gasteiger partial charge in [-0.1, -0.05) is 6.07 Å². The first-order chi connectivity index (χ1) is 7.83. The molecule has 3 heteroatoms. The third-order valence-electron chi connectivity index (χ3n) is 4.10. The number of thiazole rings is 1. The van der Waals surface area contributed by atoms with Crippen LogP contribution in [0.25, 0.3) is 10.2 Å². The van der Waals surface area contributed by atoms with Gasteiger partial charge >= 0.3 is 0 Å². The van der Waals surface area contributed by atoms with Crippen LogP contribution in [0.1, 0.15) is 24.8 Å². The molecule has 0 saturated heterocycles. The highest BCUT2D eigenvalue weighted by atomic mass is 32.1. The number of hydrogen-bond acceptors (Lipinski definition) is 3. The summed E-state index contributed by atoms with van der Waals surface area (Å²) in [6, 6.07) is 6.62. The van der Waals surface area contributed by atoms with Gasteiger partial charge in [-0.3, -0.25) is 0 Å². The minimum absolute atomic E-state index is 0.529. The van der Waals surface area contributed by atoms with Crippen LogP contribution in [0.15, 0.2) is 23.7 Å². The summed E-state index contributed by atoms with van der Waals surface area (Å²) in [6.07, 6.45) is 4.23. The second-order valence-electron chi connectivity index (χ2n) is 5.27. The highest BCUT2D eigenvalue weighted by Gasteiger charge is 2.55. The van der Waals surface area contributed by atoms with Gasteiger partial charge in [-0.25, -0.2) is 4.98 Å². The molecule has 3 aliphatic carbocycles. The number of hydrogen-bond donors (Lipinski definition) is 1. The molecule has 1 N–H and O–H groups in total. The number of benzene rings is 1. The summed E-state index contributed by atoms with van der Waals surface area (Å²) in [7, 11) is 0. The van der Waals surface area contributed by atoms with E-state index in [2.05, 4.69) is 28.5 Å². The molecule has 0 amide bonds. The predicted octanol–water partition coefficient (Wildman–Crippen LogP) is 2.94. The first-order valence-corrected chi connectivity index (χ1v) is 6.78. The van der Waals surface area contributed by atoms with Gasteiger partial charge < -0.3 is 5.32 Å². The minimum atomic E-state index is 0.529. The maximum absolute atomic E-state index is 4.36. The Labute approximate surface area is 98.7 Å². The molecular weight excluding hydrogens is 216 g/mol. The molecule has 82 valence electrons. The SMILES string of the molecule is c1nc2cc(CNC34CC(C3)C4)ccc2s1. The summed E-state index contributed by atoms with van der Waals surface area (Å²) in [5, 5.41) is 3.71. The van der Waals surface area contributed by atoms with Crippen molar-refractivity contribution < 1.29 is 0 Å². The van der Waals surface area contributed by atoms with Crippen molar-refractivity contribution in [3.05, 3.63) is 29.3 Å². The van der Waals surface area contributed by atoms with Crippen LogP contribution in [0, 0.1) is 5.92 Å². The lowest BCUT2D eigenvalue weighted by atomic mass is 9.50. The first-order valence-electron chi connectivity index (χ1n) is 5.90. The lowest BCUT2D eigenvalue weighted by Gasteiger charge is -2.62. The van der Waals surface area contributed by atoms with Gasteiger partial charge in [-0.2, -0.15) is 0 Å². The Bertz CT molecular complexity index is 529. The lowest BCUT2D eigenvalue weighted by molar-refractivity contribution is -0.0519. The maximum atomic E-state index is 4.36. The van der Waals surface area contributed by atoms with E-state index in [1.165, 1.54) is 29.5 Å². The molecule has 1 aromatic carbocycles. The van der Waals surface area contributed by atoms with E-state index in [9.17, 15) is 0 Å². The largest absolute Gasteiger partial charge is 0.307 e. The summed E-state index contributed by atoms with van der Waals surface area (Å²) in [5.41, 5.74) is 4.95. The van der Waals surface area contributed by atoms with Crippen molar-refractivity contribution >= 4 is 21.6 Å². The zero-order valence-corrected chi connectivity index (χ0v) is 9.89. The topological polar surface area (TPSA) is 24.9 Å². The molecule has 0 aliphatic heterocycles. The fraction of sp³-hybridized carbons (Fsp3) is 0.462. The summed E-state index contributed by atoms with van der Waals surface area (Å²) in [6.45, 7) is 1.00. The van der Waals surface area contributed by atoms with Gasteiger partial charge in [0.25, 0.3) is 0 Å². The Morgan fingerprint density at radius 3 is 3.00 bits per heavy atom. The third kappa shape index (κ3) is 1.25. The standard InChI is InChI=1S/C13H14N2S/c1-2-12-11(14-8-16-12)3-9(1)7-15-13-4-10(5-13)6-13/h1-3,8,10,15H,4-7H2. The zero-order chi connectivity index (χ0) is 10.6. The Balaban J connectivity index is 1.52. The van der Waals surface area contributed by atoms with E-state index in [4.69, 9.17) is 0 Å². The Kier molecular flexibility index (Phi) is 1.74. The molecule has 0 radical (unpaired) electrons. The van der Waals surface area contributed by atoms with Crippen molar-refractivity contribution in [2.75, 3.05) is 0 Å². The van der Waals surface area contributed by atoms with Crippen LogP contribution >= 0.6 is 11.3 Å². The van der Waals surface area contributed by atoms with Crippen molar-refractivity contribution in [1.29, 1.82) is 0 Å². The molecule has 3 fully saturated rings. The number of aromatic nitrogens is 1. The molecule has 2 bridgehead atoms. The monoisotopic (exact) mass is 230 g/mol. The smallest absolute Gasteiger partial charge is 0.0815 e. The molecular formula is C13H14N2S. The van der Waals surface area contributed by atoms with Crippen LogP contribution in [-0.2, 0) is 6.54 Å². The van der Waals surface area contributed by atoms with Crippen LogP contribution in [-0.4, -0.2) is 10.5 Å². The van der Waals surface area contributed by atoms with E-state index in [1.54, 1.807) is 11.3 Å². The number of nitrogens with one attached hydrogen (secondary N) is 1. The molecule has 3 aliphatic rings. The number of fused-ring (bicyclic) bond motifs is 1. The second-order valence-corrected chi connectivity index (χ2v) is 6.15. The summed E-state index contributed by atoms with van der Waals surface area (Å²) in [4.78, 5) is 4.36. The van der Waals surface area contributed by atoms with Crippen LogP contribution in [0.4, 0.5) is 0 Å². The molecule has 0 spiro atoms. The van der Waals surface area contributed by atoms with Crippen LogP contribution in [0.2, 0.25) is 0 Å². The quantitative estimate of drug-likeness (QED) is 0.877. The molecule has 0 atom stereocenters. The van der Waals surface area contributed by atoms with E-state index in [1.807, 2.05) is 5.51 Å². The average Bonchev–Trinajstić information content (AvgIpc) is 2.60. The second kappa shape index (κ2) is 3.05. The molecule has 1 heterocycles. The van der Waals surface area contributed by atoms with Crippen molar-refractivity contribution in [3.63, 3.8) is 0 Å². The lowest BCUT2D eigenvalue weighted by Crippen LogP contribution is -2.66. The average molecular weight is 230 g/mol. The number of rotatable bonds is 3. The minimum Gasteiger partial charge on any atom is -0.307 e. The fourth-order valence-electron chi connectivity index (χ4n) is 3.00. The van der Waals surface area contributed by atoms with Gasteiger partial charge in [-0.05, 0) is 42.9 Å². The van der Waals surface area contributed by atoms with E-state index in [0.29, 0.717) is 5.54 Å². The molecule has 3 saturated carbocycles. The summed E-state index contributed by atoms with van der Waals surface area (Å²) < 4.78 is 1.29. The normalized spacial score (nSPS) is 31.1. The fourth-order valence-corrected chi connectivity index (χ4v) is 3.66.